The number of hydrogen-bond donors (Lipinski definition) is 0. The van der Waals surface area contributed by atoms with Gasteiger partial charge in [-0.25, -0.2) is 0 Å². The zero-order chi connectivity index (χ0) is 15.1. The Morgan fingerprint density at radius 3 is 2.41 bits per heavy atom. The van der Waals surface area contributed by atoms with E-state index in [1.54, 1.807) is 0 Å². The van der Waals surface area contributed by atoms with Crippen LogP contribution in [0.2, 0.25) is 0 Å². The first-order valence-corrected chi connectivity index (χ1v) is 7.88. The van der Waals surface area contributed by atoms with E-state index in [0.717, 1.165) is 5.69 Å². The smallest absolute Gasteiger partial charge is 0.128 e. The van der Waals surface area contributed by atoms with Gasteiger partial charge in [0.1, 0.15) is 5.50 Å². The Morgan fingerprint density at radius 2 is 1.59 bits per heavy atom. The molecule has 0 aromatic heterocycles. The fourth-order valence-electron chi connectivity index (χ4n) is 3.19. The third kappa shape index (κ3) is 2.01. The lowest BCUT2D eigenvalue weighted by Crippen LogP contribution is -2.28. The lowest BCUT2D eigenvalue weighted by molar-refractivity contribution is 1.01. The number of nitrogens with zero attached hydrogens (tertiary/aromatic N) is 1. The van der Waals surface area contributed by atoms with E-state index in [1.165, 1.54) is 27.6 Å². The zero-order valence-corrected chi connectivity index (χ0v) is 13.1. The average molecular weight is 306 g/mol. The Labute approximate surface area is 135 Å². The summed E-state index contributed by atoms with van der Waals surface area (Å²) in [7, 11) is 0. The van der Waals surface area contributed by atoms with Crippen LogP contribution >= 0.6 is 11.6 Å². The van der Waals surface area contributed by atoms with Gasteiger partial charge in [-0.15, -0.1) is 0 Å². The molecule has 1 nitrogen and oxygen atoms in total. The molecule has 0 saturated carbocycles. The molecule has 3 aromatic carbocycles. The molecule has 22 heavy (non-hydrogen) atoms. The Kier molecular flexibility index (Phi) is 3.16. The molecule has 0 fully saturated rings. The van der Waals surface area contributed by atoms with Gasteiger partial charge < -0.3 is 4.90 Å². The van der Waals surface area contributed by atoms with Crippen molar-refractivity contribution in [1.29, 1.82) is 0 Å². The van der Waals surface area contributed by atoms with Crippen molar-refractivity contribution < 1.29 is 0 Å². The molecule has 1 atom stereocenters. The van der Waals surface area contributed by atoms with Crippen LogP contribution < -0.4 is 4.90 Å². The standard InChI is InChI=1S/C20H16ClN/c1-14-13-19(21)22(16-8-3-2-4-9-16)20-17(14)12-11-15-7-5-6-10-18(15)20/h2-13,19H,1H3. The average Bonchev–Trinajstić information content (AvgIpc) is 2.55. The Morgan fingerprint density at radius 1 is 0.864 bits per heavy atom. The van der Waals surface area contributed by atoms with Crippen molar-refractivity contribution in [3.8, 4) is 0 Å². The molecule has 3 aromatic rings. The van der Waals surface area contributed by atoms with E-state index < -0.39 is 0 Å². The number of anilines is 2. The maximum absolute atomic E-state index is 6.69. The van der Waals surface area contributed by atoms with Crippen molar-refractivity contribution in [2.75, 3.05) is 4.90 Å². The van der Waals surface area contributed by atoms with Crippen LogP contribution in [0, 0.1) is 0 Å². The van der Waals surface area contributed by atoms with E-state index in [0.29, 0.717) is 0 Å². The van der Waals surface area contributed by atoms with Crippen LogP contribution in [0.4, 0.5) is 11.4 Å². The summed E-state index contributed by atoms with van der Waals surface area (Å²) in [6.07, 6.45) is 2.12. The van der Waals surface area contributed by atoms with Crippen molar-refractivity contribution in [3.63, 3.8) is 0 Å². The number of para-hydroxylation sites is 1. The summed E-state index contributed by atoms with van der Waals surface area (Å²) in [5.41, 5.74) is 4.61. The summed E-state index contributed by atoms with van der Waals surface area (Å²) in [4.78, 5) is 2.21. The predicted octanol–water partition coefficient (Wildman–Crippen LogP) is 5.96. The first-order chi connectivity index (χ1) is 10.8. The van der Waals surface area contributed by atoms with E-state index in [2.05, 4.69) is 78.6 Å². The highest BCUT2D eigenvalue weighted by atomic mass is 35.5. The van der Waals surface area contributed by atoms with Gasteiger partial charge >= 0.3 is 0 Å². The molecule has 0 N–H and O–H groups in total. The van der Waals surface area contributed by atoms with Crippen LogP contribution in [0.3, 0.4) is 0 Å². The fourth-order valence-corrected chi connectivity index (χ4v) is 3.59. The number of allylic oxidation sites excluding steroid dienone is 1. The SMILES string of the molecule is CC1=CC(Cl)N(c2ccccc2)c2c1ccc1ccccc21. The molecule has 0 amide bonds. The third-order valence-corrected chi connectivity index (χ3v) is 4.56. The number of fused-ring (bicyclic) bond motifs is 3. The van der Waals surface area contributed by atoms with Crippen molar-refractivity contribution in [1.82, 2.24) is 0 Å². The van der Waals surface area contributed by atoms with Crippen LogP contribution in [0.5, 0.6) is 0 Å². The van der Waals surface area contributed by atoms with Crippen LogP contribution in [-0.4, -0.2) is 5.50 Å². The molecule has 0 spiro atoms. The Balaban J connectivity index is 2.06. The van der Waals surface area contributed by atoms with Crippen LogP contribution in [-0.2, 0) is 0 Å². The second kappa shape index (κ2) is 5.19. The monoisotopic (exact) mass is 305 g/mol. The molecule has 0 aliphatic carbocycles. The minimum atomic E-state index is -0.180. The largest absolute Gasteiger partial charge is 0.320 e. The highest BCUT2D eigenvalue weighted by Crippen LogP contribution is 2.44. The highest BCUT2D eigenvalue weighted by Gasteiger charge is 2.26. The molecule has 1 heterocycles. The van der Waals surface area contributed by atoms with Crippen molar-refractivity contribution in [2.24, 2.45) is 0 Å². The van der Waals surface area contributed by atoms with Crippen molar-refractivity contribution in [3.05, 3.63) is 78.4 Å². The molecular formula is C20H16ClN. The summed E-state index contributed by atoms with van der Waals surface area (Å²) in [6.45, 7) is 2.13. The summed E-state index contributed by atoms with van der Waals surface area (Å²) in [5.74, 6) is 0. The van der Waals surface area contributed by atoms with Gasteiger partial charge in [0.05, 0.1) is 5.69 Å². The Bertz CT molecular complexity index is 867. The zero-order valence-electron chi connectivity index (χ0n) is 12.3. The van der Waals surface area contributed by atoms with Gasteiger partial charge in [-0.2, -0.15) is 0 Å². The minimum absolute atomic E-state index is 0.180. The van der Waals surface area contributed by atoms with E-state index in [1.807, 2.05) is 6.07 Å². The number of hydrogen-bond acceptors (Lipinski definition) is 1. The van der Waals surface area contributed by atoms with Gasteiger partial charge in [0.25, 0.3) is 0 Å². The van der Waals surface area contributed by atoms with E-state index in [4.69, 9.17) is 11.6 Å². The lowest BCUT2D eigenvalue weighted by Gasteiger charge is -2.35. The van der Waals surface area contributed by atoms with Crippen molar-refractivity contribution >= 4 is 39.3 Å². The second-order valence-electron chi connectivity index (χ2n) is 5.61. The molecule has 1 unspecified atom stereocenters. The number of alkyl halides is 1. The van der Waals surface area contributed by atoms with Crippen LogP contribution in [0.15, 0.2) is 72.8 Å². The summed E-state index contributed by atoms with van der Waals surface area (Å²) in [6, 6.07) is 23.2. The third-order valence-electron chi connectivity index (χ3n) is 4.23. The molecule has 4 rings (SSSR count). The topological polar surface area (TPSA) is 3.24 Å². The first-order valence-electron chi connectivity index (χ1n) is 7.44. The van der Waals surface area contributed by atoms with Gasteiger partial charge in [0, 0.05) is 16.6 Å². The molecule has 0 saturated heterocycles. The maximum atomic E-state index is 6.69. The fraction of sp³-hybridized carbons (Fsp3) is 0.100. The van der Waals surface area contributed by atoms with E-state index in [9.17, 15) is 0 Å². The summed E-state index contributed by atoms with van der Waals surface area (Å²) < 4.78 is 0. The summed E-state index contributed by atoms with van der Waals surface area (Å²) >= 11 is 6.69. The highest BCUT2D eigenvalue weighted by molar-refractivity contribution is 6.25. The van der Waals surface area contributed by atoms with Gasteiger partial charge in [-0.05, 0) is 36.1 Å². The normalized spacial score (nSPS) is 17.3. The predicted molar refractivity (Wildman–Crippen MR) is 95.8 cm³/mol. The second-order valence-corrected chi connectivity index (χ2v) is 6.06. The van der Waals surface area contributed by atoms with Gasteiger partial charge in [-0.1, -0.05) is 66.2 Å². The molecule has 108 valence electrons. The van der Waals surface area contributed by atoms with E-state index in [-0.39, 0.29) is 5.50 Å². The molecule has 0 bridgehead atoms. The minimum Gasteiger partial charge on any atom is -0.320 e. The number of halogens is 1. The van der Waals surface area contributed by atoms with Crippen LogP contribution in [0.1, 0.15) is 12.5 Å². The summed E-state index contributed by atoms with van der Waals surface area (Å²) in [5, 5.41) is 2.47. The maximum Gasteiger partial charge on any atom is 0.128 e. The number of benzene rings is 3. The van der Waals surface area contributed by atoms with Crippen LogP contribution in [0.25, 0.3) is 16.3 Å². The first kappa shape index (κ1) is 13.4. The van der Waals surface area contributed by atoms with Gasteiger partial charge in [0.2, 0.25) is 0 Å². The molecule has 1 aliphatic heterocycles. The quantitative estimate of drug-likeness (QED) is 0.396. The lowest BCUT2D eigenvalue weighted by atomic mass is 9.95. The number of rotatable bonds is 1. The molecule has 2 heteroatoms. The molecule has 1 aliphatic rings. The Hall–Kier alpha value is -2.25. The van der Waals surface area contributed by atoms with E-state index >= 15 is 0 Å². The van der Waals surface area contributed by atoms with Gasteiger partial charge in [-0.3, -0.25) is 0 Å². The van der Waals surface area contributed by atoms with Gasteiger partial charge in [0.15, 0.2) is 0 Å². The van der Waals surface area contributed by atoms with Crippen molar-refractivity contribution in [2.45, 2.75) is 12.4 Å². The molecular weight excluding hydrogens is 290 g/mol. The molecule has 0 radical (unpaired) electrons.